The van der Waals surface area contributed by atoms with Gasteiger partial charge in [0.25, 0.3) is 0 Å². The second-order valence-electron chi connectivity index (χ2n) is 2.71. The summed E-state index contributed by atoms with van der Waals surface area (Å²) in [5, 5.41) is -0.0735. The molecule has 0 bridgehead atoms. The van der Waals surface area contributed by atoms with Crippen molar-refractivity contribution in [3.63, 3.8) is 0 Å². The van der Waals surface area contributed by atoms with Gasteiger partial charge in [0.15, 0.2) is 0 Å². The molecule has 0 aliphatic heterocycles. The van der Waals surface area contributed by atoms with Crippen LogP contribution in [0.25, 0.3) is 0 Å². The summed E-state index contributed by atoms with van der Waals surface area (Å²) in [4.78, 5) is 10.3. The van der Waals surface area contributed by atoms with Crippen LogP contribution in [0.2, 0.25) is 0 Å². The van der Waals surface area contributed by atoms with Gasteiger partial charge in [0.2, 0.25) is 5.12 Å². The van der Waals surface area contributed by atoms with E-state index in [0.29, 0.717) is 6.42 Å². The number of hydrogen-bond donors (Lipinski definition) is 0. The molecule has 0 aromatic heterocycles. The highest BCUT2D eigenvalue weighted by Gasteiger charge is 2.20. The summed E-state index contributed by atoms with van der Waals surface area (Å²) in [6, 6.07) is 0. The van der Waals surface area contributed by atoms with Crippen molar-refractivity contribution in [2.45, 2.75) is 32.1 Å². The van der Waals surface area contributed by atoms with Crippen molar-refractivity contribution in [1.82, 2.24) is 0 Å². The van der Waals surface area contributed by atoms with Crippen molar-refractivity contribution in [3.8, 4) is 0 Å². The van der Waals surface area contributed by atoms with Crippen LogP contribution < -0.4 is 0 Å². The zero-order chi connectivity index (χ0) is 6.69. The molecule has 2 heteroatoms. The van der Waals surface area contributed by atoms with Gasteiger partial charge in [0, 0.05) is 6.42 Å². The van der Waals surface area contributed by atoms with Gasteiger partial charge in [-0.15, -0.1) is 0 Å². The first-order chi connectivity index (χ1) is 4.29. The smallest absolute Gasteiger partial charge is 0.218 e. The van der Waals surface area contributed by atoms with E-state index in [2.05, 4.69) is 12.6 Å². The Morgan fingerprint density at radius 3 is 2.67 bits per heavy atom. The van der Waals surface area contributed by atoms with E-state index in [9.17, 15) is 4.79 Å². The molecular weight excluding hydrogens is 132 g/mol. The lowest BCUT2D eigenvalue weighted by atomic mass is 10.2. The lowest BCUT2D eigenvalue weighted by Crippen LogP contribution is -1.86. The van der Waals surface area contributed by atoms with E-state index in [1.54, 1.807) is 0 Å². The average molecular weight is 143 g/mol. The molecule has 0 aromatic carbocycles. The molecular formula is C7H11OS. The van der Waals surface area contributed by atoms with Gasteiger partial charge in [0.05, 0.1) is 0 Å². The van der Waals surface area contributed by atoms with E-state index in [1.807, 2.05) is 0 Å². The van der Waals surface area contributed by atoms with Crippen LogP contribution in [0.3, 0.4) is 0 Å². The standard InChI is InChI=1S/C7H11OS/c8-7(9)3-1-2-6-4-5-6/h6H,1-5H2. The van der Waals surface area contributed by atoms with E-state index >= 15 is 0 Å². The Hall–Kier alpha value is -0.110. The van der Waals surface area contributed by atoms with Crippen molar-refractivity contribution in [2.75, 3.05) is 0 Å². The van der Waals surface area contributed by atoms with Gasteiger partial charge in [-0.1, -0.05) is 12.8 Å². The van der Waals surface area contributed by atoms with Gasteiger partial charge < -0.3 is 0 Å². The van der Waals surface area contributed by atoms with Gasteiger partial charge in [0.1, 0.15) is 0 Å². The van der Waals surface area contributed by atoms with Crippen LogP contribution in [0, 0.1) is 5.92 Å². The Balaban J connectivity index is 1.86. The molecule has 0 N–H and O–H groups in total. The molecule has 1 aliphatic carbocycles. The van der Waals surface area contributed by atoms with Gasteiger partial charge in [-0.2, -0.15) is 0 Å². The molecule has 0 unspecified atom stereocenters. The summed E-state index contributed by atoms with van der Waals surface area (Å²) < 4.78 is 0. The summed E-state index contributed by atoms with van der Waals surface area (Å²) >= 11 is 4.41. The molecule has 0 atom stereocenters. The minimum Gasteiger partial charge on any atom is -0.282 e. The predicted molar refractivity (Wildman–Crippen MR) is 39.2 cm³/mol. The highest BCUT2D eigenvalue weighted by Crippen LogP contribution is 2.33. The average Bonchev–Trinajstić information content (AvgIpc) is 2.48. The fourth-order valence-electron chi connectivity index (χ4n) is 0.942. The Morgan fingerprint density at radius 2 is 2.22 bits per heavy atom. The Labute approximate surface area is 61.2 Å². The van der Waals surface area contributed by atoms with Crippen molar-refractivity contribution >= 4 is 17.7 Å². The van der Waals surface area contributed by atoms with Crippen molar-refractivity contribution in [1.29, 1.82) is 0 Å². The monoisotopic (exact) mass is 143 g/mol. The van der Waals surface area contributed by atoms with Crippen LogP contribution in [0.5, 0.6) is 0 Å². The number of rotatable bonds is 4. The topological polar surface area (TPSA) is 17.1 Å². The lowest BCUT2D eigenvalue weighted by Gasteiger charge is -1.91. The molecule has 1 nitrogen and oxygen atoms in total. The molecule has 1 rings (SSSR count). The number of carbonyl (C=O) groups excluding carboxylic acids is 1. The number of carbonyl (C=O) groups is 1. The number of hydrogen-bond acceptors (Lipinski definition) is 1. The fraction of sp³-hybridized carbons (Fsp3) is 0.857. The molecule has 51 valence electrons. The first kappa shape index (κ1) is 7.00. The summed E-state index contributed by atoms with van der Waals surface area (Å²) in [5.74, 6) is 0.944. The molecule has 1 aliphatic rings. The Morgan fingerprint density at radius 1 is 1.56 bits per heavy atom. The normalized spacial score (nSPS) is 17.8. The van der Waals surface area contributed by atoms with E-state index in [0.717, 1.165) is 12.3 Å². The first-order valence-corrected chi connectivity index (χ1v) is 3.89. The highest BCUT2D eigenvalue weighted by molar-refractivity contribution is 7.96. The van der Waals surface area contributed by atoms with Crippen LogP contribution in [0.15, 0.2) is 0 Å². The molecule has 0 saturated heterocycles. The molecule has 0 aromatic rings. The Kier molecular flexibility index (Phi) is 2.46. The van der Waals surface area contributed by atoms with E-state index in [-0.39, 0.29) is 5.12 Å². The summed E-state index contributed by atoms with van der Waals surface area (Å²) in [5.41, 5.74) is 0. The second kappa shape index (κ2) is 3.16. The maximum atomic E-state index is 10.3. The van der Waals surface area contributed by atoms with Gasteiger partial charge in [-0.25, -0.2) is 0 Å². The third-order valence-corrected chi connectivity index (χ3v) is 1.89. The minimum atomic E-state index is -0.0735. The third kappa shape index (κ3) is 3.46. The van der Waals surface area contributed by atoms with Gasteiger partial charge >= 0.3 is 0 Å². The largest absolute Gasteiger partial charge is 0.282 e. The highest BCUT2D eigenvalue weighted by atomic mass is 32.1. The predicted octanol–water partition coefficient (Wildman–Crippen LogP) is 2.29. The van der Waals surface area contributed by atoms with E-state index in [4.69, 9.17) is 0 Å². The summed E-state index contributed by atoms with van der Waals surface area (Å²) in [6.45, 7) is 0. The molecule has 0 spiro atoms. The van der Waals surface area contributed by atoms with Crippen LogP contribution in [0.1, 0.15) is 32.1 Å². The molecule has 1 radical (unpaired) electrons. The zero-order valence-corrected chi connectivity index (χ0v) is 6.25. The molecule has 1 saturated carbocycles. The van der Waals surface area contributed by atoms with Gasteiger partial charge in [-0.05, 0) is 31.4 Å². The maximum Gasteiger partial charge on any atom is 0.218 e. The molecule has 9 heavy (non-hydrogen) atoms. The Bertz CT molecular complexity index is 107. The van der Waals surface area contributed by atoms with Crippen molar-refractivity contribution in [3.05, 3.63) is 0 Å². The molecule has 0 amide bonds. The van der Waals surface area contributed by atoms with Crippen molar-refractivity contribution < 1.29 is 4.79 Å². The first-order valence-electron chi connectivity index (χ1n) is 3.49. The molecule has 1 fully saturated rings. The summed E-state index contributed by atoms with van der Waals surface area (Å²) in [6.07, 6.45) is 5.62. The van der Waals surface area contributed by atoms with Crippen LogP contribution in [-0.4, -0.2) is 5.12 Å². The second-order valence-corrected chi connectivity index (χ2v) is 3.16. The van der Waals surface area contributed by atoms with Gasteiger partial charge in [-0.3, -0.25) is 4.79 Å². The lowest BCUT2D eigenvalue weighted by molar-refractivity contribution is -0.110. The summed E-state index contributed by atoms with van der Waals surface area (Å²) in [7, 11) is 0. The van der Waals surface area contributed by atoms with E-state index < -0.39 is 0 Å². The minimum absolute atomic E-state index is 0.0735. The fourth-order valence-corrected chi connectivity index (χ4v) is 1.09. The quantitative estimate of drug-likeness (QED) is 0.590. The molecule has 0 heterocycles. The van der Waals surface area contributed by atoms with Crippen molar-refractivity contribution in [2.24, 2.45) is 5.92 Å². The van der Waals surface area contributed by atoms with Crippen LogP contribution in [-0.2, 0) is 4.79 Å². The SMILES string of the molecule is O=C([S])CCCC1CC1. The van der Waals surface area contributed by atoms with Crippen LogP contribution in [0.4, 0.5) is 0 Å². The zero-order valence-electron chi connectivity index (χ0n) is 5.43. The van der Waals surface area contributed by atoms with E-state index in [1.165, 1.54) is 19.3 Å². The van der Waals surface area contributed by atoms with Crippen LogP contribution >= 0.6 is 12.6 Å². The third-order valence-electron chi connectivity index (χ3n) is 1.69. The maximum absolute atomic E-state index is 10.3.